The van der Waals surface area contributed by atoms with Crippen LogP contribution >= 0.6 is 12.2 Å². The van der Waals surface area contributed by atoms with E-state index in [0.29, 0.717) is 58.9 Å². The van der Waals surface area contributed by atoms with E-state index in [4.69, 9.17) is 12.2 Å². The van der Waals surface area contributed by atoms with Gasteiger partial charge in [-0.2, -0.15) is 50.5 Å². The standard InChI is InChI=1S/C51H40N6O22S7.Na/c1-25-9-11-29(49(60)54-37-13-15-41(83(68,69)70)35-21-33(81(62,63)64)23-43(45(35)37)85(74,75)76)19-39(25)56-47(58)27-5-3-7-31(17-27)52-51(80)53-32-8-4-6-28(18-32)48(59)57-40-20-30(12-10-26(40)2)50(61)55-38-14-16-42(84(71,72)73)36-22-34(82(65,66)67)24-44(46(36)38)86(77,78)79;/h3-24H,1-2H3,(H,54,60)(H,55,61)(H,56,58)(H,57,59)(H2,52,53,80)(H,62,63,64)(H,65,66,67)(H,68,69,70)(H,71,72,73)(H,74,75,76)(H,77,78,79);/q;+1. The van der Waals surface area contributed by atoms with E-state index >= 15 is 0 Å². The first-order chi connectivity index (χ1) is 39.8. The molecular formula is C51H40N6NaO22S7+. The second kappa shape index (κ2) is 24.8. The van der Waals surface area contributed by atoms with Gasteiger partial charge in [0.1, 0.15) is 19.6 Å². The zero-order chi connectivity index (χ0) is 63.4. The number of fused-ring (bicyclic) bond motifs is 2. The molecule has 0 atom stereocenters. The molecule has 0 aliphatic rings. The van der Waals surface area contributed by atoms with E-state index in [2.05, 4.69) is 31.9 Å². The van der Waals surface area contributed by atoms with E-state index in [1.165, 1.54) is 72.8 Å². The summed E-state index contributed by atoms with van der Waals surface area (Å²) in [6.45, 7) is 3.17. The normalized spacial score (nSPS) is 12.1. The molecule has 0 aromatic heterocycles. The van der Waals surface area contributed by atoms with Gasteiger partial charge in [-0.3, -0.25) is 46.5 Å². The minimum atomic E-state index is -5.44. The number of nitrogens with one attached hydrogen (secondary N) is 6. The summed E-state index contributed by atoms with van der Waals surface area (Å²) in [6.07, 6.45) is 0. The number of anilines is 6. The van der Waals surface area contributed by atoms with Crippen molar-refractivity contribution in [2.75, 3.05) is 31.9 Å². The van der Waals surface area contributed by atoms with Crippen LogP contribution in [0.4, 0.5) is 34.1 Å². The molecule has 0 unspecified atom stereocenters. The first-order valence-electron chi connectivity index (χ1n) is 23.6. The van der Waals surface area contributed by atoms with Gasteiger partial charge in [0.2, 0.25) is 0 Å². The van der Waals surface area contributed by atoms with E-state index in [-0.39, 0.29) is 68.3 Å². The van der Waals surface area contributed by atoms with E-state index in [1.807, 2.05) is 0 Å². The smallest absolute Gasteiger partial charge is 0.332 e. The fraction of sp³-hybridized carbons (Fsp3) is 0.0392. The third-order valence-electron chi connectivity index (χ3n) is 12.5. The molecule has 0 spiro atoms. The van der Waals surface area contributed by atoms with Crippen molar-refractivity contribution in [1.29, 1.82) is 0 Å². The van der Waals surface area contributed by atoms with E-state index in [1.54, 1.807) is 26.0 Å². The molecule has 0 aliphatic heterocycles. The van der Waals surface area contributed by atoms with Crippen LogP contribution in [-0.2, 0) is 60.7 Å². The van der Waals surface area contributed by atoms with Gasteiger partial charge in [-0.15, -0.1) is 0 Å². The second-order valence-electron chi connectivity index (χ2n) is 18.4. The van der Waals surface area contributed by atoms with Gasteiger partial charge >= 0.3 is 29.6 Å². The average Bonchev–Trinajstić information content (AvgIpc) is 0.808. The maximum atomic E-state index is 13.7. The van der Waals surface area contributed by atoms with Crippen molar-refractivity contribution >= 4 is 157 Å². The van der Waals surface area contributed by atoms with E-state index < -0.39 is 147 Å². The van der Waals surface area contributed by atoms with Crippen molar-refractivity contribution in [3.8, 4) is 0 Å². The van der Waals surface area contributed by atoms with Gasteiger partial charge < -0.3 is 31.9 Å². The van der Waals surface area contributed by atoms with Gasteiger partial charge in [0.25, 0.3) is 84.3 Å². The van der Waals surface area contributed by atoms with Gasteiger partial charge in [0, 0.05) is 66.5 Å². The number of aryl methyl sites for hydroxylation is 2. The van der Waals surface area contributed by atoms with Gasteiger partial charge in [-0.25, -0.2) is 0 Å². The Morgan fingerprint density at radius 1 is 0.345 bits per heavy atom. The molecule has 87 heavy (non-hydrogen) atoms. The van der Waals surface area contributed by atoms with Gasteiger partial charge in [-0.05, 0) is 146 Å². The molecule has 8 aromatic rings. The summed E-state index contributed by atoms with van der Waals surface area (Å²) in [6, 6.07) is 24.5. The number of carbonyl (C=O) groups excluding carboxylic acids is 4. The van der Waals surface area contributed by atoms with Gasteiger partial charge in [-0.1, -0.05) is 24.3 Å². The molecule has 0 fully saturated rings. The van der Waals surface area contributed by atoms with Crippen LogP contribution in [-0.4, -0.2) is 107 Å². The fourth-order valence-electron chi connectivity index (χ4n) is 8.50. The van der Waals surface area contributed by atoms with Crippen molar-refractivity contribution in [3.05, 3.63) is 167 Å². The summed E-state index contributed by atoms with van der Waals surface area (Å²) in [5, 5.41) is 12.7. The molecule has 0 bridgehead atoms. The first kappa shape index (κ1) is 66.8. The predicted octanol–water partition coefficient (Wildman–Crippen LogP) is 3.91. The van der Waals surface area contributed by atoms with Crippen LogP contribution in [0.5, 0.6) is 0 Å². The van der Waals surface area contributed by atoms with Crippen LogP contribution in [0.2, 0.25) is 0 Å². The van der Waals surface area contributed by atoms with Gasteiger partial charge in [0.05, 0.1) is 21.2 Å². The van der Waals surface area contributed by atoms with Crippen molar-refractivity contribution in [2.24, 2.45) is 0 Å². The summed E-state index contributed by atoms with van der Waals surface area (Å²) in [4.78, 5) is 47.7. The maximum absolute atomic E-state index is 13.7. The zero-order valence-corrected chi connectivity index (χ0v) is 52.0. The van der Waals surface area contributed by atoms with Crippen molar-refractivity contribution in [3.63, 3.8) is 0 Å². The molecule has 12 N–H and O–H groups in total. The SMILES string of the molecule is Cc1ccc(C(=O)Nc2ccc(S(=O)(=O)O)c3cc(S(=O)(=O)O)cc(S(=O)(=O)O)c23)cc1NC(=O)c1cccc(NC(=S)Nc2cccc(C(=O)Nc3cc(C(=O)Nc4ccc(S(=O)(=O)O)c5cc(S(=O)(=O)O)cc(S(=O)(=O)O)c45)ccc3C)c2)c1.[Na+]. The average molecular weight is 1340 g/mol. The minimum absolute atomic E-state index is 0. The quantitative estimate of drug-likeness (QED) is 0.0370. The summed E-state index contributed by atoms with van der Waals surface area (Å²) in [5.41, 5.74) is 0.455. The Morgan fingerprint density at radius 2 is 0.655 bits per heavy atom. The minimum Gasteiger partial charge on any atom is -0.332 e. The molecule has 0 saturated heterocycles. The van der Waals surface area contributed by atoms with Crippen LogP contribution in [0.3, 0.4) is 0 Å². The largest absolute Gasteiger partial charge is 1.00 e. The Balaban J connectivity index is 0.0000108. The Kier molecular flexibility index (Phi) is 19.1. The summed E-state index contributed by atoms with van der Waals surface area (Å²) in [5.74, 6) is -3.38. The number of hydrogen-bond donors (Lipinski definition) is 12. The summed E-state index contributed by atoms with van der Waals surface area (Å²) < 4.78 is 206. The molecule has 8 rings (SSSR count). The summed E-state index contributed by atoms with van der Waals surface area (Å²) in [7, 11) is -31.8. The molecule has 448 valence electrons. The van der Waals surface area contributed by atoms with E-state index in [0.717, 1.165) is 12.1 Å². The van der Waals surface area contributed by atoms with Crippen LogP contribution in [0, 0.1) is 13.8 Å². The molecule has 28 nitrogen and oxygen atoms in total. The van der Waals surface area contributed by atoms with Crippen LogP contribution in [0.1, 0.15) is 52.6 Å². The summed E-state index contributed by atoms with van der Waals surface area (Å²) >= 11 is 5.51. The van der Waals surface area contributed by atoms with Crippen molar-refractivity contribution < 1.29 is 127 Å². The van der Waals surface area contributed by atoms with Crippen LogP contribution < -0.4 is 61.5 Å². The monoisotopic (exact) mass is 1340 g/mol. The topological polar surface area (TPSA) is 467 Å². The Morgan fingerprint density at radius 3 is 0.966 bits per heavy atom. The second-order valence-corrected chi connectivity index (χ2v) is 27.2. The Labute approximate surface area is 521 Å². The predicted molar refractivity (Wildman–Crippen MR) is 314 cm³/mol. The third kappa shape index (κ3) is 15.4. The number of amides is 4. The zero-order valence-electron chi connectivity index (χ0n) is 44.3. The third-order valence-corrected chi connectivity index (χ3v) is 17.9. The maximum Gasteiger partial charge on any atom is 1.00 e. The number of rotatable bonds is 16. The van der Waals surface area contributed by atoms with Crippen molar-refractivity contribution in [1.82, 2.24) is 0 Å². The Bertz CT molecular complexity index is 4720. The molecule has 0 aliphatic carbocycles. The molecule has 36 heteroatoms. The number of benzene rings is 8. The molecule has 4 amide bonds. The number of carbonyl (C=O) groups is 4. The molecule has 0 saturated carbocycles. The van der Waals surface area contributed by atoms with Crippen LogP contribution in [0.15, 0.2) is 163 Å². The first-order valence-corrected chi connectivity index (χ1v) is 32.6. The van der Waals surface area contributed by atoms with E-state index in [9.17, 15) is 97.0 Å². The van der Waals surface area contributed by atoms with Gasteiger partial charge in [0.15, 0.2) is 5.11 Å². The molecule has 0 radical (unpaired) electrons. The molecular weight excluding hydrogens is 1300 g/mol. The Hall–Kier alpha value is -7.69. The van der Waals surface area contributed by atoms with Crippen molar-refractivity contribution in [2.45, 2.75) is 43.2 Å². The number of thiocarbonyl (C=S) groups is 1. The van der Waals surface area contributed by atoms with Crippen LogP contribution in [0.25, 0.3) is 21.5 Å². The molecule has 0 heterocycles. The number of hydrogen-bond acceptors (Lipinski definition) is 17. The molecule has 8 aromatic carbocycles. The fourth-order valence-corrected chi connectivity index (χ4v) is 12.8.